The summed E-state index contributed by atoms with van der Waals surface area (Å²) in [6.07, 6.45) is 1.86. The number of ether oxygens (including phenoxy) is 1. The Balaban J connectivity index is 1.49. The number of rotatable bonds is 3. The molecule has 2 aliphatic rings. The third-order valence-corrected chi connectivity index (χ3v) is 5.14. The van der Waals surface area contributed by atoms with Crippen molar-refractivity contribution in [3.05, 3.63) is 70.6 Å². The summed E-state index contributed by atoms with van der Waals surface area (Å²) in [6, 6.07) is 17.7. The molecule has 0 spiro atoms. The molecule has 2 atom stereocenters. The van der Waals surface area contributed by atoms with Gasteiger partial charge in [-0.05, 0) is 29.3 Å². The van der Waals surface area contributed by atoms with Crippen LogP contribution in [0.15, 0.2) is 59.5 Å². The van der Waals surface area contributed by atoms with Crippen molar-refractivity contribution in [3.8, 4) is 5.75 Å². The molecule has 2 aromatic carbocycles. The van der Waals surface area contributed by atoms with Crippen molar-refractivity contribution in [2.75, 3.05) is 7.11 Å². The Morgan fingerprint density at radius 2 is 1.88 bits per heavy atom. The third-order valence-electron chi connectivity index (χ3n) is 4.03. The molecule has 0 bridgehead atoms. The van der Waals surface area contributed by atoms with E-state index < -0.39 is 0 Å². The number of nitrogens with one attached hydrogen (secondary N) is 2. The van der Waals surface area contributed by atoms with Crippen LogP contribution in [0.5, 0.6) is 5.75 Å². The van der Waals surface area contributed by atoms with E-state index in [0.29, 0.717) is 0 Å². The van der Waals surface area contributed by atoms with Crippen LogP contribution >= 0.6 is 11.8 Å². The standard InChI is InChI=1S/C18H17N3O2S/c1-23-14-9-7-12(8-10-14)11-15-17(22)21-18(24-15)19-16(20-21)13-5-3-2-4-6-13/h2-11,16,18-20H,1H3. The van der Waals surface area contributed by atoms with Gasteiger partial charge in [0.05, 0.1) is 12.0 Å². The first-order chi connectivity index (χ1) is 11.7. The molecule has 122 valence electrons. The molecule has 2 saturated heterocycles. The number of thioether (sulfide) groups is 1. The molecule has 6 heteroatoms. The Morgan fingerprint density at radius 3 is 2.54 bits per heavy atom. The van der Waals surface area contributed by atoms with Crippen LogP contribution < -0.4 is 15.5 Å². The predicted octanol–water partition coefficient (Wildman–Crippen LogP) is 2.70. The minimum atomic E-state index is -0.0906. The van der Waals surface area contributed by atoms with Gasteiger partial charge in [0.25, 0.3) is 5.91 Å². The average molecular weight is 339 g/mol. The van der Waals surface area contributed by atoms with E-state index in [1.165, 1.54) is 11.8 Å². The molecule has 2 aliphatic heterocycles. The lowest BCUT2D eigenvalue weighted by Gasteiger charge is -2.14. The molecule has 4 rings (SSSR count). The molecular formula is C18H17N3O2S. The highest BCUT2D eigenvalue weighted by molar-refractivity contribution is 8.05. The highest BCUT2D eigenvalue weighted by Gasteiger charge is 2.43. The number of nitrogens with zero attached hydrogens (tertiary/aromatic N) is 1. The minimum Gasteiger partial charge on any atom is -0.497 e. The summed E-state index contributed by atoms with van der Waals surface area (Å²) >= 11 is 1.53. The van der Waals surface area contributed by atoms with Crippen molar-refractivity contribution < 1.29 is 9.53 Å². The summed E-state index contributed by atoms with van der Waals surface area (Å²) in [5, 5.41) is 5.09. The van der Waals surface area contributed by atoms with Crippen LogP contribution in [0.25, 0.3) is 6.08 Å². The number of hydrogen-bond donors (Lipinski definition) is 2. The SMILES string of the molecule is COc1ccc(C=C2SC3NC(c4ccccc4)NN3C2=O)cc1. The first-order valence-corrected chi connectivity index (χ1v) is 8.56. The molecule has 0 aromatic heterocycles. The van der Waals surface area contributed by atoms with E-state index in [0.717, 1.165) is 21.8 Å². The van der Waals surface area contributed by atoms with Gasteiger partial charge in [0.15, 0.2) is 5.50 Å². The molecule has 2 N–H and O–H groups in total. The van der Waals surface area contributed by atoms with Gasteiger partial charge in [-0.25, -0.2) is 10.4 Å². The number of carbonyl (C=O) groups excluding carboxylic acids is 1. The number of fused-ring (bicyclic) bond motifs is 1. The Bertz CT molecular complexity index is 777. The van der Waals surface area contributed by atoms with E-state index in [9.17, 15) is 4.79 Å². The van der Waals surface area contributed by atoms with Crippen molar-refractivity contribution in [3.63, 3.8) is 0 Å². The first-order valence-electron chi connectivity index (χ1n) is 7.68. The van der Waals surface area contributed by atoms with Crippen LogP contribution in [0.1, 0.15) is 17.3 Å². The van der Waals surface area contributed by atoms with Crippen LogP contribution in [0, 0.1) is 0 Å². The number of methoxy groups -OCH3 is 1. The summed E-state index contributed by atoms with van der Waals surface area (Å²) in [6.45, 7) is 0. The van der Waals surface area contributed by atoms with Gasteiger partial charge in [0.2, 0.25) is 0 Å². The molecular weight excluding hydrogens is 322 g/mol. The van der Waals surface area contributed by atoms with Crippen LogP contribution in [0.2, 0.25) is 0 Å². The van der Waals surface area contributed by atoms with Crippen molar-refractivity contribution in [2.45, 2.75) is 11.7 Å². The van der Waals surface area contributed by atoms with E-state index in [4.69, 9.17) is 4.74 Å². The first kappa shape index (κ1) is 15.3. The van der Waals surface area contributed by atoms with E-state index in [1.807, 2.05) is 60.7 Å². The zero-order valence-electron chi connectivity index (χ0n) is 13.1. The number of hydrogen-bond acceptors (Lipinski definition) is 5. The van der Waals surface area contributed by atoms with Gasteiger partial charge < -0.3 is 4.74 Å². The fraction of sp³-hybridized carbons (Fsp3) is 0.167. The normalized spacial score (nSPS) is 24.5. The molecule has 5 nitrogen and oxygen atoms in total. The van der Waals surface area contributed by atoms with Gasteiger partial charge in [-0.1, -0.05) is 54.2 Å². The highest BCUT2D eigenvalue weighted by atomic mass is 32.2. The minimum absolute atomic E-state index is 0.00764. The molecule has 0 radical (unpaired) electrons. The Morgan fingerprint density at radius 1 is 1.12 bits per heavy atom. The Labute approximate surface area is 144 Å². The van der Waals surface area contributed by atoms with Gasteiger partial charge in [0.1, 0.15) is 11.9 Å². The summed E-state index contributed by atoms with van der Waals surface area (Å²) in [4.78, 5) is 13.3. The number of benzene rings is 2. The third kappa shape index (κ3) is 2.80. The molecule has 0 aliphatic carbocycles. The maximum Gasteiger partial charge on any atom is 0.276 e. The molecule has 2 fully saturated rings. The second-order valence-electron chi connectivity index (χ2n) is 5.57. The van der Waals surface area contributed by atoms with Gasteiger partial charge in [-0.15, -0.1) is 0 Å². The van der Waals surface area contributed by atoms with Crippen LogP contribution in [-0.4, -0.2) is 23.5 Å². The summed E-state index contributed by atoms with van der Waals surface area (Å²) < 4.78 is 5.15. The van der Waals surface area contributed by atoms with Crippen LogP contribution in [0.3, 0.4) is 0 Å². The lowest BCUT2D eigenvalue weighted by Crippen LogP contribution is -2.37. The smallest absolute Gasteiger partial charge is 0.276 e. The number of hydrazine groups is 1. The Hall–Kier alpha value is -2.28. The topological polar surface area (TPSA) is 53.6 Å². The molecule has 0 saturated carbocycles. The maximum absolute atomic E-state index is 12.6. The molecule has 2 unspecified atom stereocenters. The summed E-state index contributed by atoms with van der Waals surface area (Å²) in [7, 11) is 1.64. The van der Waals surface area contributed by atoms with E-state index in [2.05, 4.69) is 10.7 Å². The fourth-order valence-corrected chi connectivity index (χ4v) is 3.88. The van der Waals surface area contributed by atoms with Crippen molar-refractivity contribution in [2.24, 2.45) is 0 Å². The zero-order chi connectivity index (χ0) is 16.5. The second kappa shape index (κ2) is 6.32. The van der Waals surface area contributed by atoms with Gasteiger partial charge >= 0.3 is 0 Å². The van der Waals surface area contributed by atoms with Gasteiger partial charge in [-0.3, -0.25) is 10.1 Å². The van der Waals surface area contributed by atoms with Gasteiger partial charge in [0, 0.05) is 0 Å². The number of amides is 1. The molecule has 2 aromatic rings. The number of carbonyl (C=O) groups is 1. The van der Waals surface area contributed by atoms with E-state index in [-0.39, 0.29) is 17.6 Å². The summed E-state index contributed by atoms with van der Waals surface area (Å²) in [5.41, 5.74) is 5.24. The molecule has 1 amide bonds. The summed E-state index contributed by atoms with van der Waals surface area (Å²) in [5.74, 6) is 0.795. The van der Waals surface area contributed by atoms with Crippen LogP contribution in [-0.2, 0) is 4.79 Å². The quantitative estimate of drug-likeness (QED) is 0.842. The second-order valence-corrected chi connectivity index (χ2v) is 6.69. The largest absolute Gasteiger partial charge is 0.497 e. The van der Waals surface area contributed by atoms with Gasteiger partial charge in [-0.2, -0.15) is 0 Å². The lowest BCUT2D eigenvalue weighted by atomic mass is 10.2. The monoisotopic (exact) mass is 339 g/mol. The Kier molecular flexibility index (Phi) is 4.02. The fourth-order valence-electron chi connectivity index (χ4n) is 2.77. The van der Waals surface area contributed by atoms with E-state index >= 15 is 0 Å². The van der Waals surface area contributed by atoms with Crippen molar-refractivity contribution >= 4 is 23.7 Å². The van der Waals surface area contributed by atoms with E-state index in [1.54, 1.807) is 12.1 Å². The molecule has 24 heavy (non-hydrogen) atoms. The highest BCUT2D eigenvalue weighted by Crippen LogP contribution is 2.38. The lowest BCUT2D eigenvalue weighted by molar-refractivity contribution is -0.127. The van der Waals surface area contributed by atoms with Crippen molar-refractivity contribution in [1.82, 2.24) is 15.8 Å². The van der Waals surface area contributed by atoms with Crippen LogP contribution in [0.4, 0.5) is 0 Å². The average Bonchev–Trinajstić information content (AvgIpc) is 3.17. The zero-order valence-corrected chi connectivity index (χ0v) is 13.9. The van der Waals surface area contributed by atoms with Crippen molar-refractivity contribution in [1.29, 1.82) is 0 Å². The molecule has 2 heterocycles. The predicted molar refractivity (Wildman–Crippen MR) is 94.7 cm³/mol. The maximum atomic E-state index is 12.6.